The molecule has 0 heteroatoms. The van der Waals surface area contributed by atoms with Crippen molar-refractivity contribution in [2.24, 2.45) is 0 Å². The van der Waals surface area contributed by atoms with Crippen molar-refractivity contribution >= 4 is 0 Å². The molecule has 0 aliphatic heterocycles. The molecular formula is C8H11. The predicted octanol–water partition coefficient (Wildman–Crippen LogP) is 2.49. The molecule has 0 amide bonds. The van der Waals surface area contributed by atoms with E-state index in [1.807, 2.05) is 0 Å². The van der Waals surface area contributed by atoms with Gasteiger partial charge in [0.15, 0.2) is 0 Å². The van der Waals surface area contributed by atoms with Crippen molar-refractivity contribution in [1.29, 1.82) is 0 Å². The molecule has 1 rings (SSSR count). The Balaban J connectivity index is 2.28. The zero-order chi connectivity index (χ0) is 5.82. The van der Waals surface area contributed by atoms with Crippen LogP contribution in [0.1, 0.15) is 19.3 Å². The Morgan fingerprint density at radius 2 is 2.50 bits per heavy atom. The van der Waals surface area contributed by atoms with Gasteiger partial charge in [-0.2, -0.15) is 0 Å². The molecule has 0 fully saturated rings. The summed E-state index contributed by atoms with van der Waals surface area (Å²) in [6.45, 7) is 3.78. The molecule has 0 N–H and O–H groups in total. The summed E-state index contributed by atoms with van der Waals surface area (Å²) in [6.07, 6.45) is 9.86. The number of hydrogen-bond acceptors (Lipinski definition) is 0. The van der Waals surface area contributed by atoms with E-state index in [9.17, 15) is 0 Å². The Labute approximate surface area is 50.9 Å². The third kappa shape index (κ3) is 1.22. The monoisotopic (exact) mass is 107 g/mol. The predicted molar refractivity (Wildman–Crippen MR) is 36.4 cm³/mol. The van der Waals surface area contributed by atoms with Gasteiger partial charge in [-0.05, 0) is 19.3 Å². The van der Waals surface area contributed by atoms with Crippen molar-refractivity contribution in [3.63, 3.8) is 0 Å². The Morgan fingerprint density at radius 1 is 1.62 bits per heavy atom. The van der Waals surface area contributed by atoms with E-state index in [2.05, 4.69) is 25.2 Å². The quantitative estimate of drug-likeness (QED) is 0.508. The third-order valence-corrected chi connectivity index (χ3v) is 1.35. The van der Waals surface area contributed by atoms with Gasteiger partial charge in [0.2, 0.25) is 0 Å². The average Bonchev–Trinajstić information content (AvgIpc) is 2.19. The van der Waals surface area contributed by atoms with E-state index in [1.165, 1.54) is 12.0 Å². The van der Waals surface area contributed by atoms with E-state index >= 15 is 0 Å². The van der Waals surface area contributed by atoms with Gasteiger partial charge in [-0.25, -0.2) is 0 Å². The van der Waals surface area contributed by atoms with Gasteiger partial charge in [0.1, 0.15) is 0 Å². The fraction of sp³-hybridized carbons (Fsp3) is 0.375. The second-order valence-electron chi connectivity index (χ2n) is 2.06. The molecule has 0 aromatic rings. The molecule has 0 aromatic carbocycles. The minimum absolute atomic E-state index is 1.04. The zero-order valence-electron chi connectivity index (χ0n) is 5.06. The highest BCUT2D eigenvalue weighted by atomic mass is 14.0. The minimum Gasteiger partial charge on any atom is -0.0805 e. The lowest BCUT2D eigenvalue weighted by Gasteiger charge is -1.93. The van der Waals surface area contributed by atoms with Crippen LogP contribution in [-0.2, 0) is 0 Å². The molecule has 1 aliphatic carbocycles. The number of rotatable bonds is 2. The van der Waals surface area contributed by atoms with Crippen LogP contribution < -0.4 is 0 Å². The summed E-state index contributed by atoms with van der Waals surface area (Å²) in [6, 6.07) is 0. The Kier molecular flexibility index (Phi) is 1.90. The Hall–Kier alpha value is -0.520. The highest BCUT2D eigenvalue weighted by molar-refractivity contribution is 5.22. The highest BCUT2D eigenvalue weighted by Gasteiger charge is 1.94. The zero-order valence-corrected chi connectivity index (χ0v) is 5.06. The summed E-state index contributed by atoms with van der Waals surface area (Å²) in [7, 11) is 0. The van der Waals surface area contributed by atoms with Gasteiger partial charge in [0.05, 0.1) is 0 Å². The molecule has 1 aliphatic rings. The maximum absolute atomic E-state index is 3.78. The molecule has 8 heavy (non-hydrogen) atoms. The van der Waals surface area contributed by atoms with Crippen LogP contribution in [0.5, 0.6) is 0 Å². The summed E-state index contributed by atoms with van der Waals surface area (Å²) in [5.41, 5.74) is 1.53. The number of allylic oxidation sites excluding steroid dienone is 4. The summed E-state index contributed by atoms with van der Waals surface area (Å²) < 4.78 is 0. The molecule has 0 saturated carbocycles. The smallest absolute Gasteiger partial charge is 0.0133 e. The van der Waals surface area contributed by atoms with Crippen molar-refractivity contribution in [2.75, 3.05) is 0 Å². The van der Waals surface area contributed by atoms with Crippen molar-refractivity contribution in [3.8, 4) is 0 Å². The van der Waals surface area contributed by atoms with Gasteiger partial charge in [-0.1, -0.05) is 30.7 Å². The van der Waals surface area contributed by atoms with Gasteiger partial charge in [0.25, 0.3) is 0 Å². The second kappa shape index (κ2) is 2.71. The molecule has 0 bridgehead atoms. The molecule has 0 aromatic heterocycles. The minimum atomic E-state index is 1.04. The summed E-state index contributed by atoms with van der Waals surface area (Å²) in [5.74, 6) is 0. The van der Waals surface area contributed by atoms with E-state index in [0.29, 0.717) is 0 Å². The third-order valence-electron chi connectivity index (χ3n) is 1.35. The van der Waals surface area contributed by atoms with Crippen LogP contribution in [0.15, 0.2) is 23.8 Å². The van der Waals surface area contributed by atoms with Gasteiger partial charge < -0.3 is 0 Å². The first-order valence-electron chi connectivity index (χ1n) is 3.07. The van der Waals surface area contributed by atoms with Crippen LogP contribution in [0.4, 0.5) is 0 Å². The van der Waals surface area contributed by atoms with Crippen molar-refractivity contribution < 1.29 is 0 Å². The van der Waals surface area contributed by atoms with Gasteiger partial charge in [0, 0.05) is 0 Å². The molecule has 0 unspecified atom stereocenters. The normalized spacial score (nSPS) is 16.9. The lowest BCUT2D eigenvalue weighted by molar-refractivity contribution is 0.949. The first kappa shape index (κ1) is 5.61. The Bertz CT molecular complexity index is 118. The molecule has 0 atom stereocenters. The molecule has 0 spiro atoms. The molecular weight excluding hydrogens is 96.1 g/mol. The van der Waals surface area contributed by atoms with Crippen LogP contribution in [0.25, 0.3) is 0 Å². The van der Waals surface area contributed by atoms with Gasteiger partial charge >= 0.3 is 0 Å². The average molecular weight is 107 g/mol. The van der Waals surface area contributed by atoms with Gasteiger partial charge in [-0.3, -0.25) is 0 Å². The summed E-state index contributed by atoms with van der Waals surface area (Å²) in [5, 5.41) is 0. The van der Waals surface area contributed by atoms with E-state index in [4.69, 9.17) is 0 Å². The first-order chi connectivity index (χ1) is 3.93. The summed E-state index contributed by atoms with van der Waals surface area (Å²) >= 11 is 0. The Morgan fingerprint density at radius 3 is 3.00 bits per heavy atom. The molecule has 0 saturated heterocycles. The van der Waals surface area contributed by atoms with E-state index in [-0.39, 0.29) is 0 Å². The van der Waals surface area contributed by atoms with E-state index in [0.717, 1.165) is 12.8 Å². The van der Waals surface area contributed by atoms with Crippen molar-refractivity contribution in [3.05, 3.63) is 30.7 Å². The van der Waals surface area contributed by atoms with Crippen molar-refractivity contribution in [2.45, 2.75) is 19.3 Å². The maximum Gasteiger partial charge on any atom is -0.0133 e. The van der Waals surface area contributed by atoms with Gasteiger partial charge in [-0.15, -0.1) is 0 Å². The largest absolute Gasteiger partial charge is 0.0805 e. The van der Waals surface area contributed by atoms with Crippen molar-refractivity contribution in [1.82, 2.24) is 0 Å². The molecule has 0 heterocycles. The van der Waals surface area contributed by atoms with Crippen LogP contribution in [-0.4, -0.2) is 0 Å². The molecule has 43 valence electrons. The van der Waals surface area contributed by atoms with Crippen LogP contribution in [0.3, 0.4) is 0 Å². The number of hydrogen-bond donors (Lipinski definition) is 0. The van der Waals surface area contributed by atoms with Crippen LogP contribution in [0, 0.1) is 6.92 Å². The standard InChI is InChI=1S/C8H11/c1-2-5-8-6-3-4-7-8/h3-4,6H,1-2,5,7H2. The van der Waals surface area contributed by atoms with E-state index < -0.39 is 0 Å². The topological polar surface area (TPSA) is 0 Å². The van der Waals surface area contributed by atoms with Crippen LogP contribution in [0.2, 0.25) is 0 Å². The highest BCUT2D eigenvalue weighted by Crippen LogP contribution is 2.14. The first-order valence-corrected chi connectivity index (χ1v) is 3.07. The lowest BCUT2D eigenvalue weighted by Crippen LogP contribution is -1.74. The van der Waals surface area contributed by atoms with E-state index in [1.54, 1.807) is 0 Å². The SMILES string of the molecule is [CH2]CCC1=CC=CC1. The fourth-order valence-corrected chi connectivity index (χ4v) is 0.904. The second-order valence-corrected chi connectivity index (χ2v) is 2.06. The maximum atomic E-state index is 3.78. The van der Waals surface area contributed by atoms with Crippen LogP contribution >= 0.6 is 0 Å². The molecule has 1 radical (unpaired) electrons. The summed E-state index contributed by atoms with van der Waals surface area (Å²) in [4.78, 5) is 0. The lowest BCUT2D eigenvalue weighted by atomic mass is 10.1. The molecule has 0 nitrogen and oxygen atoms in total. The fourth-order valence-electron chi connectivity index (χ4n) is 0.904.